The van der Waals surface area contributed by atoms with E-state index in [2.05, 4.69) is 54.7 Å². The lowest BCUT2D eigenvalue weighted by atomic mass is 10.0. The van der Waals surface area contributed by atoms with E-state index < -0.39 is 0 Å². The van der Waals surface area contributed by atoms with Gasteiger partial charge in [-0.1, -0.05) is 78.4 Å². The van der Waals surface area contributed by atoms with Gasteiger partial charge in [0.15, 0.2) is 0 Å². The molecular weight excluding hydrogens is 397 g/mol. The Morgan fingerprint density at radius 3 is 2.33 bits per heavy atom. The molecule has 154 valence electrons. The fraction of sp³-hybridized carbons (Fsp3) is 0.154. The summed E-state index contributed by atoms with van der Waals surface area (Å²) in [4.78, 5) is 0. The van der Waals surface area contributed by atoms with Gasteiger partial charge < -0.3 is 10.1 Å². The summed E-state index contributed by atoms with van der Waals surface area (Å²) in [6.07, 6.45) is 0. The van der Waals surface area contributed by atoms with Crippen molar-refractivity contribution in [3.63, 3.8) is 0 Å². The van der Waals surface area contributed by atoms with Crippen LogP contribution in [0.25, 0.3) is 10.8 Å². The molecule has 0 saturated heterocycles. The van der Waals surface area contributed by atoms with E-state index in [-0.39, 0.29) is 24.8 Å². The quantitative estimate of drug-likeness (QED) is 0.364. The number of nitrogens with one attached hydrogen (secondary N) is 1. The molecule has 2 nitrogen and oxygen atoms in total. The van der Waals surface area contributed by atoms with E-state index in [4.69, 9.17) is 4.74 Å². The van der Waals surface area contributed by atoms with Crippen molar-refractivity contribution in [2.45, 2.75) is 26.6 Å². The molecule has 0 fully saturated rings. The maximum Gasteiger partial charge on any atom is 0.129 e. The number of rotatable bonds is 7. The number of ether oxygens (including phenoxy) is 1. The number of hydrogen-bond donors (Lipinski definition) is 1. The van der Waals surface area contributed by atoms with Crippen LogP contribution >= 0.6 is 12.4 Å². The van der Waals surface area contributed by atoms with Gasteiger partial charge in [0.1, 0.15) is 18.2 Å². The minimum atomic E-state index is -0.243. The van der Waals surface area contributed by atoms with Crippen LogP contribution in [-0.2, 0) is 19.7 Å². The molecule has 0 heterocycles. The molecule has 0 saturated carbocycles. The van der Waals surface area contributed by atoms with E-state index in [9.17, 15) is 4.39 Å². The molecule has 0 aliphatic carbocycles. The third-order valence-electron chi connectivity index (χ3n) is 5.09. The molecule has 0 radical (unpaired) electrons. The predicted octanol–water partition coefficient (Wildman–Crippen LogP) is 6.58. The van der Waals surface area contributed by atoms with Crippen molar-refractivity contribution < 1.29 is 9.13 Å². The van der Waals surface area contributed by atoms with E-state index in [1.807, 2.05) is 24.3 Å². The van der Waals surface area contributed by atoms with Gasteiger partial charge in [-0.15, -0.1) is 12.4 Å². The van der Waals surface area contributed by atoms with Crippen molar-refractivity contribution in [1.82, 2.24) is 5.32 Å². The van der Waals surface area contributed by atoms with E-state index >= 15 is 0 Å². The fourth-order valence-corrected chi connectivity index (χ4v) is 3.44. The number of hydrogen-bond acceptors (Lipinski definition) is 2. The Balaban J connectivity index is 0.00000256. The number of benzene rings is 4. The molecule has 30 heavy (non-hydrogen) atoms. The lowest BCUT2D eigenvalue weighted by Gasteiger charge is -2.15. The molecule has 4 aromatic carbocycles. The predicted molar refractivity (Wildman–Crippen MR) is 124 cm³/mol. The summed E-state index contributed by atoms with van der Waals surface area (Å²) in [5.41, 5.74) is 4.14. The van der Waals surface area contributed by atoms with Gasteiger partial charge in [-0.2, -0.15) is 0 Å². The molecule has 0 atom stereocenters. The topological polar surface area (TPSA) is 21.3 Å². The Morgan fingerprint density at radius 2 is 1.53 bits per heavy atom. The lowest BCUT2D eigenvalue weighted by Crippen LogP contribution is -2.14. The summed E-state index contributed by atoms with van der Waals surface area (Å²) in [7, 11) is 0. The highest BCUT2D eigenvalue weighted by atomic mass is 35.5. The van der Waals surface area contributed by atoms with E-state index in [0.717, 1.165) is 28.6 Å². The highest BCUT2D eigenvalue weighted by Crippen LogP contribution is 2.29. The Kier molecular flexibility index (Phi) is 7.45. The molecule has 4 aromatic rings. The highest BCUT2D eigenvalue weighted by Gasteiger charge is 2.10. The van der Waals surface area contributed by atoms with E-state index in [1.54, 1.807) is 12.1 Å². The molecule has 4 heteroatoms. The van der Waals surface area contributed by atoms with E-state index in [0.29, 0.717) is 12.1 Å². The van der Waals surface area contributed by atoms with Gasteiger partial charge in [0.25, 0.3) is 0 Å². The van der Waals surface area contributed by atoms with Crippen molar-refractivity contribution in [1.29, 1.82) is 0 Å². The zero-order valence-electron chi connectivity index (χ0n) is 16.9. The van der Waals surface area contributed by atoms with Crippen molar-refractivity contribution >= 4 is 23.2 Å². The lowest BCUT2D eigenvalue weighted by molar-refractivity contribution is 0.296. The molecular formula is C26H25ClFNO. The molecule has 0 spiro atoms. The first kappa shape index (κ1) is 21.8. The third kappa shape index (κ3) is 5.18. The molecule has 0 amide bonds. The second-order valence-electron chi connectivity index (χ2n) is 7.23. The summed E-state index contributed by atoms with van der Waals surface area (Å²) in [5, 5.41) is 5.84. The largest absolute Gasteiger partial charge is 0.488 e. The molecule has 0 bridgehead atoms. The van der Waals surface area contributed by atoms with Crippen molar-refractivity contribution in [2.24, 2.45) is 0 Å². The number of aryl methyl sites for hydroxylation is 1. The number of halogens is 2. The Morgan fingerprint density at radius 1 is 0.800 bits per heavy atom. The molecule has 4 rings (SSSR count). The third-order valence-corrected chi connectivity index (χ3v) is 5.09. The van der Waals surface area contributed by atoms with Crippen molar-refractivity contribution in [3.8, 4) is 5.75 Å². The van der Waals surface area contributed by atoms with Gasteiger partial charge in [0.2, 0.25) is 0 Å². The van der Waals surface area contributed by atoms with Crippen LogP contribution < -0.4 is 10.1 Å². The summed E-state index contributed by atoms with van der Waals surface area (Å²) < 4.78 is 20.0. The maximum absolute atomic E-state index is 14.0. The second kappa shape index (κ2) is 10.2. The minimum absolute atomic E-state index is 0. The van der Waals surface area contributed by atoms with Crippen molar-refractivity contribution in [2.75, 3.05) is 0 Å². The Labute approximate surface area is 183 Å². The van der Waals surface area contributed by atoms with Crippen LogP contribution in [0.1, 0.15) is 22.3 Å². The molecule has 0 aliphatic heterocycles. The zero-order chi connectivity index (χ0) is 20.1. The minimum Gasteiger partial charge on any atom is -0.488 e. The fourth-order valence-electron chi connectivity index (χ4n) is 3.44. The van der Waals surface area contributed by atoms with Crippen LogP contribution in [0.5, 0.6) is 5.75 Å². The van der Waals surface area contributed by atoms with E-state index in [1.165, 1.54) is 17.2 Å². The smallest absolute Gasteiger partial charge is 0.129 e. The zero-order valence-corrected chi connectivity index (χ0v) is 17.7. The standard InChI is InChI=1S/C26H24FNO.ClH/c1-19-10-12-20(13-11-19)16-28-17-24-23-8-4-2-6-21(23)14-15-26(24)29-18-22-7-3-5-9-25(22)27;/h2-15,28H,16-18H2,1H3;1H. The first-order valence-corrected chi connectivity index (χ1v) is 9.84. The highest BCUT2D eigenvalue weighted by molar-refractivity contribution is 5.87. The van der Waals surface area contributed by atoms with Crippen LogP contribution in [0.15, 0.2) is 84.9 Å². The summed E-state index contributed by atoms with van der Waals surface area (Å²) >= 11 is 0. The summed E-state index contributed by atoms with van der Waals surface area (Å²) in [6, 6.07) is 27.6. The van der Waals surface area contributed by atoms with Gasteiger partial charge >= 0.3 is 0 Å². The SMILES string of the molecule is Cc1ccc(CNCc2c(OCc3ccccc3F)ccc3ccccc23)cc1.Cl. The molecule has 0 aliphatic rings. The van der Waals surface area contributed by atoms with Crippen LogP contribution in [0, 0.1) is 12.7 Å². The Bertz CT molecular complexity index is 1110. The first-order valence-electron chi connectivity index (χ1n) is 9.84. The maximum atomic E-state index is 14.0. The Hall–Kier alpha value is -2.88. The molecule has 0 aromatic heterocycles. The number of fused-ring (bicyclic) bond motifs is 1. The second-order valence-corrected chi connectivity index (χ2v) is 7.23. The van der Waals surface area contributed by atoms with Crippen LogP contribution in [0.2, 0.25) is 0 Å². The van der Waals surface area contributed by atoms with Crippen LogP contribution in [-0.4, -0.2) is 0 Å². The summed E-state index contributed by atoms with van der Waals surface area (Å²) in [6.45, 7) is 3.74. The van der Waals surface area contributed by atoms with Crippen LogP contribution in [0.4, 0.5) is 4.39 Å². The molecule has 1 N–H and O–H groups in total. The van der Waals surface area contributed by atoms with Gasteiger partial charge in [-0.3, -0.25) is 0 Å². The van der Waals surface area contributed by atoms with Gasteiger partial charge in [0.05, 0.1) is 0 Å². The monoisotopic (exact) mass is 421 g/mol. The molecule has 0 unspecified atom stereocenters. The normalized spacial score (nSPS) is 10.6. The van der Waals surface area contributed by atoms with Gasteiger partial charge in [0, 0.05) is 24.2 Å². The average Bonchev–Trinajstić information content (AvgIpc) is 2.75. The summed E-state index contributed by atoms with van der Waals surface area (Å²) in [5.74, 6) is 0.538. The van der Waals surface area contributed by atoms with Gasteiger partial charge in [-0.25, -0.2) is 4.39 Å². The van der Waals surface area contributed by atoms with Crippen molar-refractivity contribution in [3.05, 3.63) is 113 Å². The van der Waals surface area contributed by atoms with Crippen LogP contribution in [0.3, 0.4) is 0 Å². The average molecular weight is 422 g/mol. The first-order chi connectivity index (χ1) is 14.2. The van der Waals surface area contributed by atoms with Gasteiger partial charge in [-0.05, 0) is 35.4 Å².